The molecule has 5 heteroatoms. The molecule has 0 aromatic heterocycles. The molecule has 0 unspecified atom stereocenters. The molecule has 0 saturated heterocycles. The summed E-state index contributed by atoms with van der Waals surface area (Å²) in [5.41, 5.74) is 9.36. The van der Waals surface area contributed by atoms with E-state index in [1.54, 1.807) is 7.11 Å². The van der Waals surface area contributed by atoms with Gasteiger partial charge in [-0.25, -0.2) is 0 Å². The number of nitrogens with one attached hydrogen (secondary N) is 1. The van der Waals surface area contributed by atoms with Crippen molar-refractivity contribution in [3.8, 4) is 11.5 Å². The number of hydrogen-bond donors (Lipinski definition) is 2. The molecule has 5 nitrogen and oxygen atoms in total. The van der Waals surface area contributed by atoms with Crippen LogP contribution in [-0.2, 0) is 12.8 Å². The van der Waals surface area contributed by atoms with Crippen LogP contribution in [0.3, 0.4) is 0 Å². The summed E-state index contributed by atoms with van der Waals surface area (Å²) in [4.78, 5) is 4.37. The van der Waals surface area contributed by atoms with Crippen molar-refractivity contribution in [3.05, 3.63) is 53.6 Å². The number of benzene rings is 2. The van der Waals surface area contributed by atoms with E-state index in [2.05, 4.69) is 22.4 Å². The summed E-state index contributed by atoms with van der Waals surface area (Å²) < 4.78 is 10.6. The lowest BCUT2D eigenvalue weighted by atomic mass is 10.1. The molecule has 0 amide bonds. The summed E-state index contributed by atoms with van der Waals surface area (Å²) >= 11 is 0. The number of aliphatic imine (C=N–C) groups is 1. The van der Waals surface area contributed by atoms with E-state index in [1.807, 2.05) is 30.3 Å². The lowest BCUT2D eigenvalue weighted by Crippen LogP contribution is -2.23. The van der Waals surface area contributed by atoms with Gasteiger partial charge >= 0.3 is 0 Å². The van der Waals surface area contributed by atoms with Gasteiger partial charge in [-0.3, -0.25) is 4.99 Å². The number of methoxy groups -OCH3 is 1. The number of nitrogens with zero attached hydrogens (tertiary/aromatic N) is 1. The van der Waals surface area contributed by atoms with Crippen molar-refractivity contribution >= 4 is 11.6 Å². The van der Waals surface area contributed by atoms with Crippen molar-refractivity contribution in [2.75, 3.05) is 25.6 Å². The zero-order chi connectivity index (χ0) is 16.1. The summed E-state index contributed by atoms with van der Waals surface area (Å²) in [7, 11) is 1.64. The number of fused-ring (bicyclic) bond motifs is 1. The maximum absolute atomic E-state index is 5.92. The van der Waals surface area contributed by atoms with Gasteiger partial charge in [-0.05, 0) is 47.9 Å². The summed E-state index contributed by atoms with van der Waals surface area (Å²) in [6.45, 7) is 1.43. The zero-order valence-electron chi connectivity index (χ0n) is 13.2. The van der Waals surface area contributed by atoms with Crippen LogP contribution in [0.1, 0.15) is 11.1 Å². The van der Waals surface area contributed by atoms with E-state index < -0.39 is 0 Å². The molecule has 0 fully saturated rings. The fraction of sp³-hybridized carbons (Fsp3) is 0.278. The van der Waals surface area contributed by atoms with Gasteiger partial charge in [0, 0.05) is 18.7 Å². The van der Waals surface area contributed by atoms with Gasteiger partial charge in [0.1, 0.15) is 11.5 Å². The average Bonchev–Trinajstić information content (AvgIpc) is 3.03. The smallest absolute Gasteiger partial charge is 0.193 e. The third-order valence-corrected chi connectivity index (χ3v) is 3.80. The Kier molecular flexibility index (Phi) is 4.66. The fourth-order valence-corrected chi connectivity index (χ4v) is 2.56. The van der Waals surface area contributed by atoms with Crippen LogP contribution >= 0.6 is 0 Å². The molecule has 0 bridgehead atoms. The van der Waals surface area contributed by atoms with Crippen molar-refractivity contribution in [2.24, 2.45) is 10.7 Å². The molecular weight excluding hydrogens is 290 g/mol. The molecule has 0 atom stereocenters. The van der Waals surface area contributed by atoms with Crippen molar-refractivity contribution in [1.29, 1.82) is 0 Å². The van der Waals surface area contributed by atoms with Gasteiger partial charge in [-0.15, -0.1) is 0 Å². The van der Waals surface area contributed by atoms with E-state index >= 15 is 0 Å². The fourth-order valence-electron chi connectivity index (χ4n) is 2.56. The van der Waals surface area contributed by atoms with Crippen LogP contribution in [-0.4, -0.2) is 26.2 Å². The Bertz CT molecular complexity index is 696. The highest BCUT2D eigenvalue weighted by molar-refractivity contribution is 5.92. The van der Waals surface area contributed by atoms with Gasteiger partial charge in [0.25, 0.3) is 0 Å². The number of ether oxygens (including phenoxy) is 2. The lowest BCUT2D eigenvalue weighted by molar-refractivity contribution is 0.357. The second kappa shape index (κ2) is 7.05. The Morgan fingerprint density at radius 2 is 2.09 bits per heavy atom. The van der Waals surface area contributed by atoms with Crippen molar-refractivity contribution in [2.45, 2.75) is 12.8 Å². The molecule has 3 rings (SSSR count). The molecule has 3 N–H and O–H groups in total. The molecule has 0 aliphatic carbocycles. The monoisotopic (exact) mass is 311 g/mol. The predicted octanol–water partition coefficient (Wildman–Crippen LogP) is 2.60. The average molecular weight is 311 g/mol. The molecule has 1 aliphatic heterocycles. The highest BCUT2D eigenvalue weighted by Crippen LogP contribution is 2.25. The molecule has 120 valence electrons. The van der Waals surface area contributed by atoms with Crippen molar-refractivity contribution in [1.82, 2.24) is 0 Å². The van der Waals surface area contributed by atoms with E-state index in [4.69, 9.17) is 15.2 Å². The Morgan fingerprint density at radius 1 is 1.26 bits per heavy atom. The first-order valence-electron chi connectivity index (χ1n) is 7.70. The van der Waals surface area contributed by atoms with Gasteiger partial charge in [-0.2, -0.15) is 0 Å². The van der Waals surface area contributed by atoms with Crippen molar-refractivity contribution < 1.29 is 9.47 Å². The molecule has 2 aromatic rings. The normalized spacial score (nSPS) is 13.3. The highest BCUT2D eigenvalue weighted by Gasteiger charge is 2.11. The Labute approximate surface area is 136 Å². The van der Waals surface area contributed by atoms with Crippen LogP contribution in [0.4, 0.5) is 5.69 Å². The Morgan fingerprint density at radius 3 is 2.87 bits per heavy atom. The molecule has 0 saturated carbocycles. The standard InChI is InChI=1S/C18H21N3O2/c1-22-16-5-3-15(4-6-16)21-18(19)20-10-8-13-2-7-17-14(12-13)9-11-23-17/h2-7,12H,8-11H2,1H3,(H3,19,20,21). The molecule has 23 heavy (non-hydrogen) atoms. The summed E-state index contributed by atoms with van der Waals surface area (Å²) in [5.74, 6) is 2.24. The van der Waals surface area contributed by atoms with Crippen LogP contribution in [0, 0.1) is 0 Å². The number of rotatable bonds is 5. The van der Waals surface area contributed by atoms with E-state index in [1.165, 1.54) is 11.1 Å². The van der Waals surface area contributed by atoms with E-state index in [9.17, 15) is 0 Å². The van der Waals surface area contributed by atoms with Gasteiger partial charge in [0.15, 0.2) is 5.96 Å². The molecule has 0 radical (unpaired) electrons. The van der Waals surface area contributed by atoms with E-state index in [-0.39, 0.29) is 0 Å². The lowest BCUT2D eigenvalue weighted by Gasteiger charge is -2.07. The SMILES string of the molecule is COc1ccc(NC(N)=NCCc2ccc3c(c2)CCO3)cc1. The van der Waals surface area contributed by atoms with Gasteiger partial charge in [-0.1, -0.05) is 12.1 Å². The molecular formula is C18H21N3O2. The third kappa shape index (κ3) is 3.94. The molecule has 1 aliphatic rings. The number of hydrogen-bond acceptors (Lipinski definition) is 3. The first kappa shape index (κ1) is 15.2. The summed E-state index contributed by atoms with van der Waals surface area (Å²) in [5, 5.41) is 3.07. The number of nitrogens with two attached hydrogens (primary N) is 1. The second-order valence-electron chi connectivity index (χ2n) is 5.41. The quantitative estimate of drug-likeness (QED) is 0.658. The van der Waals surface area contributed by atoms with Crippen LogP contribution in [0.15, 0.2) is 47.5 Å². The third-order valence-electron chi connectivity index (χ3n) is 3.80. The van der Waals surface area contributed by atoms with E-state index in [0.29, 0.717) is 12.5 Å². The maximum Gasteiger partial charge on any atom is 0.193 e. The Hall–Kier alpha value is -2.69. The van der Waals surface area contributed by atoms with Crippen LogP contribution < -0.4 is 20.5 Å². The molecule has 2 aromatic carbocycles. The predicted molar refractivity (Wildman–Crippen MR) is 92.5 cm³/mol. The Balaban J connectivity index is 1.52. The maximum atomic E-state index is 5.92. The number of guanidine groups is 1. The molecule has 0 spiro atoms. The zero-order valence-corrected chi connectivity index (χ0v) is 13.2. The number of anilines is 1. The summed E-state index contributed by atoms with van der Waals surface area (Å²) in [6.07, 6.45) is 1.85. The second-order valence-corrected chi connectivity index (χ2v) is 5.41. The van der Waals surface area contributed by atoms with E-state index in [0.717, 1.165) is 36.6 Å². The molecule has 1 heterocycles. The topological polar surface area (TPSA) is 68.9 Å². The van der Waals surface area contributed by atoms with Crippen LogP contribution in [0.2, 0.25) is 0 Å². The minimum atomic E-state index is 0.416. The van der Waals surface area contributed by atoms with Crippen molar-refractivity contribution in [3.63, 3.8) is 0 Å². The van der Waals surface area contributed by atoms with Gasteiger partial charge in [0.05, 0.1) is 13.7 Å². The van der Waals surface area contributed by atoms with Crippen LogP contribution in [0.5, 0.6) is 11.5 Å². The largest absolute Gasteiger partial charge is 0.497 e. The first-order valence-corrected chi connectivity index (χ1v) is 7.70. The minimum absolute atomic E-state index is 0.416. The minimum Gasteiger partial charge on any atom is -0.497 e. The first-order chi connectivity index (χ1) is 11.2. The van der Waals surface area contributed by atoms with Gasteiger partial charge < -0.3 is 20.5 Å². The summed E-state index contributed by atoms with van der Waals surface area (Å²) in [6, 6.07) is 13.9. The van der Waals surface area contributed by atoms with Crippen LogP contribution in [0.25, 0.3) is 0 Å². The van der Waals surface area contributed by atoms with Gasteiger partial charge in [0.2, 0.25) is 0 Å². The highest BCUT2D eigenvalue weighted by atomic mass is 16.5.